The molecule has 0 saturated heterocycles. The molecule has 0 spiro atoms. The Kier molecular flexibility index (Phi) is 5.69. The summed E-state index contributed by atoms with van der Waals surface area (Å²) in [6.45, 7) is 5.74. The fraction of sp³-hybridized carbons (Fsp3) is 0.400. The molecule has 0 fully saturated rings. The number of rotatable bonds is 7. The summed E-state index contributed by atoms with van der Waals surface area (Å²) in [5.41, 5.74) is 0.158. The van der Waals surface area contributed by atoms with Crippen LogP contribution in [0.25, 0.3) is 6.08 Å². The van der Waals surface area contributed by atoms with Gasteiger partial charge in [-0.25, -0.2) is 17.9 Å². The molecule has 1 aromatic rings. The Balaban J connectivity index is 2.97. The third-order valence-electron chi connectivity index (χ3n) is 3.55. The molecule has 0 atom stereocenters. The molecular weight excluding hydrogens is 290 g/mol. The van der Waals surface area contributed by atoms with Gasteiger partial charge in [0, 0.05) is 11.6 Å². The Labute approximate surface area is 125 Å². The summed E-state index contributed by atoms with van der Waals surface area (Å²) in [5.74, 6) is -1.05. The summed E-state index contributed by atoms with van der Waals surface area (Å²) in [5, 5.41) is 8.55. The quantitative estimate of drug-likeness (QED) is 0.758. The van der Waals surface area contributed by atoms with Gasteiger partial charge in [0.15, 0.2) is 0 Å². The van der Waals surface area contributed by atoms with E-state index in [4.69, 9.17) is 5.11 Å². The Hall–Kier alpha value is -1.66. The molecule has 0 unspecified atom stereocenters. The van der Waals surface area contributed by atoms with Gasteiger partial charge in [-0.15, -0.1) is 0 Å². The smallest absolute Gasteiger partial charge is 0.328 e. The van der Waals surface area contributed by atoms with Crippen molar-refractivity contribution in [3.8, 4) is 0 Å². The number of sulfonamides is 1. The van der Waals surface area contributed by atoms with Crippen LogP contribution < -0.4 is 4.72 Å². The molecule has 21 heavy (non-hydrogen) atoms. The van der Waals surface area contributed by atoms with E-state index in [1.807, 2.05) is 20.8 Å². The number of aliphatic carboxylic acids is 1. The molecule has 2 N–H and O–H groups in total. The van der Waals surface area contributed by atoms with Gasteiger partial charge < -0.3 is 5.11 Å². The van der Waals surface area contributed by atoms with Gasteiger partial charge in [-0.05, 0) is 43.5 Å². The Bertz CT molecular complexity index is 614. The highest BCUT2D eigenvalue weighted by Gasteiger charge is 2.27. The van der Waals surface area contributed by atoms with E-state index >= 15 is 0 Å². The van der Waals surface area contributed by atoms with Crippen LogP contribution in [0.2, 0.25) is 0 Å². The second-order valence-corrected chi connectivity index (χ2v) is 6.80. The van der Waals surface area contributed by atoms with Crippen molar-refractivity contribution in [1.82, 2.24) is 4.72 Å². The topological polar surface area (TPSA) is 83.5 Å². The van der Waals surface area contributed by atoms with E-state index in [2.05, 4.69) is 4.72 Å². The first-order valence-corrected chi connectivity index (χ1v) is 8.26. The van der Waals surface area contributed by atoms with Crippen LogP contribution in [0.3, 0.4) is 0 Å². The second-order valence-electron chi connectivity index (χ2n) is 5.11. The Morgan fingerprint density at radius 1 is 1.24 bits per heavy atom. The molecule has 6 heteroatoms. The SMILES string of the molecule is CCC(C)(CC)NS(=O)(=O)c1ccc(/C=C/C(=O)O)cc1. The lowest BCUT2D eigenvalue weighted by Gasteiger charge is -2.27. The van der Waals surface area contributed by atoms with Gasteiger partial charge in [0.2, 0.25) is 10.0 Å². The molecule has 1 aromatic carbocycles. The van der Waals surface area contributed by atoms with Gasteiger partial charge in [0.05, 0.1) is 4.90 Å². The van der Waals surface area contributed by atoms with Gasteiger partial charge in [-0.1, -0.05) is 26.0 Å². The summed E-state index contributed by atoms with van der Waals surface area (Å²) in [4.78, 5) is 10.6. The largest absolute Gasteiger partial charge is 0.478 e. The van der Waals surface area contributed by atoms with Crippen LogP contribution in [-0.2, 0) is 14.8 Å². The third-order valence-corrected chi connectivity index (χ3v) is 5.20. The minimum absolute atomic E-state index is 0.170. The van der Waals surface area contributed by atoms with Crippen molar-refractivity contribution >= 4 is 22.1 Å². The highest BCUT2D eigenvalue weighted by Crippen LogP contribution is 2.19. The zero-order valence-electron chi connectivity index (χ0n) is 12.5. The number of nitrogens with one attached hydrogen (secondary N) is 1. The second kappa shape index (κ2) is 6.87. The molecule has 0 amide bonds. The van der Waals surface area contributed by atoms with Crippen LogP contribution in [0.1, 0.15) is 39.2 Å². The highest BCUT2D eigenvalue weighted by molar-refractivity contribution is 7.89. The van der Waals surface area contributed by atoms with Gasteiger partial charge in [0.25, 0.3) is 0 Å². The van der Waals surface area contributed by atoms with Crippen molar-refractivity contribution in [3.05, 3.63) is 35.9 Å². The van der Waals surface area contributed by atoms with Crippen molar-refractivity contribution < 1.29 is 18.3 Å². The van der Waals surface area contributed by atoms with E-state index < -0.39 is 21.5 Å². The van der Waals surface area contributed by atoms with E-state index in [0.29, 0.717) is 18.4 Å². The standard InChI is InChI=1S/C15H21NO4S/c1-4-15(3,5-2)16-21(19,20)13-9-6-12(7-10-13)8-11-14(17)18/h6-11,16H,4-5H2,1-3H3,(H,17,18)/b11-8+. The molecule has 0 radical (unpaired) electrons. The molecule has 0 saturated carbocycles. The molecule has 0 aliphatic rings. The van der Waals surface area contributed by atoms with Crippen LogP contribution in [0.15, 0.2) is 35.2 Å². The molecule has 1 rings (SSSR count). The number of carboxylic acid groups (broad SMARTS) is 1. The molecule has 116 valence electrons. The third kappa shape index (κ3) is 4.99. The van der Waals surface area contributed by atoms with Crippen LogP contribution in [0.5, 0.6) is 0 Å². The average molecular weight is 311 g/mol. The fourth-order valence-corrected chi connectivity index (χ4v) is 3.25. The van der Waals surface area contributed by atoms with Crippen molar-refractivity contribution in [1.29, 1.82) is 0 Å². The first-order chi connectivity index (χ1) is 9.72. The minimum Gasteiger partial charge on any atom is -0.478 e. The number of benzene rings is 1. The Morgan fingerprint density at radius 2 is 1.76 bits per heavy atom. The van der Waals surface area contributed by atoms with Gasteiger partial charge >= 0.3 is 5.97 Å². The van der Waals surface area contributed by atoms with Crippen molar-refractivity contribution in [3.63, 3.8) is 0 Å². The summed E-state index contributed by atoms with van der Waals surface area (Å²) in [7, 11) is -3.58. The van der Waals surface area contributed by atoms with E-state index in [1.54, 1.807) is 12.1 Å². The summed E-state index contributed by atoms with van der Waals surface area (Å²) >= 11 is 0. The van der Waals surface area contributed by atoms with Crippen LogP contribution in [0, 0.1) is 0 Å². The number of hydrogen-bond donors (Lipinski definition) is 2. The lowest BCUT2D eigenvalue weighted by Crippen LogP contribution is -2.44. The summed E-state index contributed by atoms with van der Waals surface area (Å²) < 4.78 is 27.4. The number of carboxylic acids is 1. The maximum atomic E-state index is 12.3. The first-order valence-electron chi connectivity index (χ1n) is 6.77. The van der Waals surface area contributed by atoms with E-state index in [-0.39, 0.29) is 4.90 Å². The van der Waals surface area contributed by atoms with Crippen LogP contribution in [-0.4, -0.2) is 25.0 Å². The van der Waals surface area contributed by atoms with Crippen LogP contribution >= 0.6 is 0 Å². The van der Waals surface area contributed by atoms with E-state index in [9.17, 15) is 13.2 Å². The van der Waals surface area contributed by atoms with Gasteiger partial charge in [-0.2, -0.15) is 0 Å². The van der Waals surface area contributed by atoms with Gasteiger partial charge in [0.1, 0.15) is 0 Å². The highest BCUT2D eigenvalue weighted by atomic mass is 32.2. The van der Waals surface area contributed by atoms with E-state index in [0.717, 1.165) is 6.08 Å². The molecule has 0 bridgehead atoms. The maximum Gasteiger partial charge on any atom is 0.328 e. The zero-order valence-corrected chi connectivity index (χ0v) is 13.3. The first kappa shape index (κ1) is 17.4. The predicted octanol–water partition coefficient (Wildman–Crippen LogP) is 2.64. The summed E-state index contributed by atoms with van der Waals surface area (Å²) in [6, 6.07) is 6.08. The molecule has 5 nitrogen and oxygen atoms in total. The van der Waals surface area contributed by atoms with Crippen LogP contribution in [0.4, 0.5) is 0 Å². The van der Waals surface area contributed by atoms with Crippen molar-refractivity contribution in [2.24, 2.45) is 0 Å². The van der Waals surface area contributed by atoms with E-state index in [1.165, 1.54) is 18.2 Å². The van der Waals surface area contributed by atoms with Crippen molar-refractivity contribution in [2.45, 2.75) is 44.0 Å². The molecule has 0 aliphatic heterocycles. The molecular formula is C15H21NO4S. The normalized spacial score (nSPS) is 12.7. The molecule has 0 aliphatic carbocycles. The monoisotopic (exact) mass is 311 g/mol. The lowest BCUT2D eigenvalue weighted by molar-refractivity contribution is -0.131. The molecule has 0 heterocycles. The lowest BCUT2D eigenvalue weighted by atomic mass is 9.98. The molecule has 0 aromatic heterocycles. The number of hydrogen-bond acceptors (Lipinski definition) is 3. The maximum absolute atomic E-state index is 12.3. The predicted molar refractivity (Wildman–Crippen MR) is 82.4 cm³/mol. The van der Waals surface area contributed by atoms with Crippen molar-refractivity contribution in [2.75, 3.05) is 0 Å². The average Bonchev–Trinajstić information content (AvgIpc) is 2.45. The summed E-state index contributed by atoms with van der Waals surface area (Å²) in [6.07, 6.45) is 3.81. The minimum atomic E-state index is -3.58. The fourth-order valence-electron chi connectivity index (χ4n) is 1.70. The Morgan fingerprint density at radius 3 is 2.19 bits per heavy atom. The van der Waals surface area contributed by atoms with Gasteiger partial charge in [-0.3, -0.25) is 0 Å². The zero-order chi connectivity index (χ0) is 16.1. The number of carbonyl (C=O) groups is 1.